The van der Waals surface area contributed by atoms with Crippen molar-refractivity contribution in [2.75, 3.05) is 0 Å². The maximum Gasteiger partial charge on any atom is 0.418 e. The van der Waals surface area contributed by atoms with Crippen LogP contribution in [0.3, 0.4) is 0 Å². The first-order valence-corrected chi connectivity index (χ1v) is 4.78. The number of nitrogens with zero attached hydrogens (tertiary/aromatic N) is 4. The fourth-order valence-electron chi connectivity index (χ4n) is 1.38. The van der Waals surface area contributed by atoms with Gasteiger partial charge in [0.2, 0.25) is 5.82 Å². The van der Waals surface area contributed by atoms with Gasteiger partial charge in [0.1, 0.15) is 11.8 Å². The topological polar surface area (TPSA) is 62.5 Å². The van der Waals surface area contributed by atoms with Crippen molar-refractivity contribution >= 4 is 0 Å². The highest BCUT2D eigenvalue weighted by Crippen LogP contribution is 2.34. The normalized spacial score (nSPS) is 11.0. The fraction of sp³-hybridized carbons (Fsp3) is 0.0909. The van der Waals surface area contributed by atoms with Crippen LogP contribution in [-0.2, 0) is 6.18 Å². The molecule has 0 radical (unpaired) electrons. The number of halogens is 3. The molecule has 0 aliphatic carbocycles. The zero-order valence-corrected chi connectivity index (χ0v) is 8.81. The molecule has 0 N–H and O–H groups in total. The highest BCUT2D eigenvalue weighted by Gasteiger charge is 2.34. The van der Waals surface area contributed by atoms with Crippen LogP contribution in [0.15, 0.2) is 30.6 Å². The molecule has 7 heteroatoms. The largest absolute Gasteiger partial charge is 0.418 e. The summed E-state index contributed by atoms with van der Waals surface area (Å²) in [4.78, 5) is 11.0. The summed E-state index contributed by atoms with van der Waals surface area (Å²) in [5.74, 6) is -0.203. The second-order valence-corrected chi connectivity index (χ2v) is 3.27. The maximum atomic E-state index is 12.8. The molecule has 0 aromatic carbocycles. The highest BCUT2D eigenvalue weighted by molar-refractivity contribution is 5.59. The van der Waals surface area contributed by atoms with Gasteiger partial charge in [-0.15, -0.1) is 0 Å². The molecule has 90 valence electrons. The summed E-state index contributed by atoms with van der Waals surface area (Å²) in [7, 11) is 0. The van der Waals surface area contributed by atoms with Gasteiger partial charge in [-0.25, -0.2) is 9.97 Å². The smallest absolute Gasteiger partial charge is 0.254 e. The lowest BCUT2D eigenvalue weighted by Crippen LogP contribution is -2.09. The van der Waals surface area contributed by atoms with E-state index in [4.69, 9.17) is 5.26 Å². The predicted molar refractivity (Wildman–Crippen MR) is 55.0 cm³/mol. The average molecular weight is 250 g/mol. The Kier molecular flexibility index (Phi) is 2.93. The lowest BCUT2D eigenvalue weighted by Gasteiger charge is -2.10. The van der Waals surface area contributed by atoms with Crippen LogP contribution >= 0.6 is 0 Å². The van der Waals surface area contributed by atoms with Gasteiger partial charge in [-0.3, -0.25) is 4.98 Å². The monoisotopic (exact) mass is 250 g/mol. The van der Waals surface area contributed by atoms with E-state index in [1.807, 2.05) is 0 Å². The molecular weight excluding hydrogens is 245 g/mol. The summed E-state index contributed by atoms with van der Waals surface area (Å²) in [6.07, 6.45) is -2.07. The van der Waals surface area contributed by atoms with E-state index in [1.54, 1.807) is 6.07 Å². The lowest BCUT2D eigenvalue weighted by molar-refractivity contribution is -0.137. The van der Waals surface area contributed by atoms with Crippen molar-refractivity contribution < 1.29 is 13.2 Å². The van der Waals surface area contributed by atoms with Crippen LogP contribution in [0.5, 0.6) is 0 Å². The van der Waals surface area contributed by atoms with Gasteiger partial charge in [-0.1, -0.05) is 0 Å². The lowest BCUT2D eigenvalue weighted by atomic mass is 10.1. The third-order valence-electron chi connectivity index (χ3n) is 2.11. The zero-order valence-electron chi connectivity index (χ0n) is 8.81. The van der Waals surface area contributed by atoms with Crippen molar-refractivity contribution in [1.82, 2.24) is 15.0 Å². The van der Waals surface area contributed by atoms with Crippen molar-refractivity contribution in [1.29, 1.82) is 5.26 Å². The number of hydrogen-bond donors (Lipinski definition) is 0. The van der Waals surface area contributed by atoms with Crippen molar-refractivity contribution in [2.24, 2.45) is 0 Å². The molecule has 2 aromatic heterocycles. The van der Waals surface area contributed by atoms with E-state index in [0.29, 0.717) is 0 Å². The molecule has 0 fully saturated rings. The SMILES string of the molecule is N#Cc1nccc(-c2ncccc2C(F)(F)F)n1. The molecule has 18 heavy (non-hydrogen) atoms. The minimum Gasteiger partial charge on any atom is -0.254 e. The van der Waals surface area contributed by atoms with Crippen molar-refractivity contribution in [2.45, 2.75) is 6.18 Å². The van der Waals surface area contributed by atoms with Gasteiger partial charge >= 0.3 is 6.18 Å². The fourth-order valence-corrected chi connectivity index (χ4v) is 1.38. The first-order valence-electron chi connectivity index (χ1n) is 4.78. The second-order valence-electron chi connectivity index (χ2n) is 3.27. The van der Waals surface area contributed by atoms with Crippen LogP contribution in [0, 0.1) is 11.3 Å². The predicted octanol–water partition coefficient (Wildman–Crippen LogP) is 2.43. The molecule has 0 saturated carbocycles. The molecule has 0 atom stereocenters. The Morgan fingerprint density at radius 2 is 1.89 bits per heavy atom. The second kappa shape index (κ2) is 4.41. The van der Waals surface area contributed by atoms with Crippen LogP contribution < -0.4 is 0 Å². The summed E-state index contributed by atoms with van der Waals surface area (Å²) >= 11 is 0. The van der Waals surface area contributed by atoms with Crippen molar-refractivity contribution in [3.8, 4) is 17.5 Å². The molecule has 2 aromatic rings. The van der Waals surface area contributed by atoms with Gasteiger partial charge in [0, 0.05) is 12.4 Å². The summed E-state index contributed by atoms with van der Waals surface area (Å²) in [5, 5.41) is 8.62. The van der Waals surface area contributed by atoms with Crippen LogP contribution in [0.2, 0.25) is 0 Å². The van der Waals surface area contributed by atoms with Crippen LogP contribution in [-0.4, -0.2) is 15.0 Å². The number of pyridine rings is 1. The minimum atomic E-state index is -4.53. The minimum absolute atomic E-state index is 0.0329. The summed E-state index contributed by atoms with van der Waals surface area (Å²) in [6.45, 7) is 0. The molecule has 0 aliphatic rings. The molecule has 0 spiro atoms. The van der Waals surface area contributed by atoms with E-state index in [-0.39, 0.29) is 17.2 Å². The Morgan fingerprint density at radius 3 is 2.56 bits per heavy atom. The summed E-state index contributed by atoms with van der Waals surface area (Å²) in [5.41, 5.74) is -1.24. The Labute approximate surface area is 99.8 Å². The van der Waals surface area contributed by atoms with Gasteiger partial charge < -0.3 is 0 Å². The molecule has 0 saturated heterocycles. The Bertz CT molecular complexity index is 616. The van der Waals surface area contributed by atoms with Crippen LogP contribution in [0.1, 0.15) is 11.4 Å². The number of aromatic nitrogens is 3. The first kappa shape index (κ1) is 12.0. The maximum absolute atomic E-state index is 12.8. The average Bonchev–Trinajstić information content (AvgIpc) is 2.38. The summed E-state index contributed by atoms with van der Waals surface area (Å²) < 4.78 is 38.3. The standard InChI is InChI=1S/C11H5F3N4/c12-11(13,14)7-2-1-4-17-10(7)8-3-5-16-9(6-15)18-8/h1-5H. The highest BCUT2D eigenvalue weighted by atomic mass is 19.4. The quantitative estimate of drug-likeness (QED) is 0.779. The van der Waals surface area contributed by atoms with Gasteiger partial charge in [-0.05, 0) is 18.2 Å². The number of alkyl halides is 3. The van der Waals surface area contributed by atoms with Gasteiger partial charge in [0.25, 0.3) is 0 Å². The van der Waals surface area contributed by atoms with E-state index >= 15 is 0 Å². The molecule has 0 aliphatic heterocycles. The van der Waals surface area contributed by atoms with Crippen LogP contribution in [0.4, 0.5) is 13.2 Å². The molecule has 4 nitrogen and oxygen atoms in total. The Morgan fingerprint density at radius 1 is 1.11 bits per heavy atom. The number of nitriles is 1. The number of hydrogen-bond acceptors (Lipinski definition) is 4. The van der Waals surface area contributed by atoms with E-state index in [1.165, 1.54) is 24.5 Å². The Hall–Kier alpha value is -2.49. The molecule has 0 unspecified atom stereocenters. The zero-order chi connectivity index (χ0) is 13.2. The van der Waals surface area contributed by atoms with E-state index in [2.05, 4.69) is 15.0 Å². The first-order chi connectivity index (χ1) is 8.52. The van der Waals surface area contributed by atoms with Crippen LogP contribution in [0.25, 0.3) is 11.4 Å². The van der Waals surface area contributed by atoms with Gasteiger partial charge in [-0.2, -0.15) is 18.4 Å². The molecule has 2 rings (SSSR count). The van der Waals surface area contributed by atoms with Gasteiger partial charge in [0.15, 0.2) is 0 Å². The Balaban J connectivity index is 2.61. The third kappa shape index (κ3) is 2.27. The van der Waals surface area contributed by atoms with E-state index in [9.17, 15) is 13.2 Å². The van der Waals surface area contributed by atoms with Gasteiger partial charge in [0.05, 0.1) is 11.3 Å². The third-order valence-corrected chi connectivity index (χ3v) is 2.11. The molecular formula is C11H5F3N4. The molecule has 0 bridgehead atoms. The summed E-state index contributed by atoms with van der Waals surface area (Å²) in [6, 6.07) is 5.05. The number of rotatable bonds is 1. The molecule has 0 amide bonds. The van der Waals surface area contributed by atoms with E-state index in [0.717, 1.165) is 6.07 Å². The molecule has 2 heterocycles. The van der Waals surface area contributed by atoms with E-state index < -0.39 is 11.7 Å². The van der Waals surface area contributed by atoms with Crippen molar-refractivity contribution in [3.63, 3.8) is 0 Å². The van der Waals surface area contributed by atoms with Crippen molar-refractivity contribution in [3.05, 3.63) is 42.0 Å².